The molecule has 0 saturated heterocycles. The first-order valence-electron chi connectivity index (χ1n) is 6.23. The van der Waals surface area contributed by atoms with Crippen molar-refractivity contribution in [2.45, 2.75) is 45.6 Å². The molecule has 17 heavy (non-hydrogen) atoms. The van der Waals surface area contributed by atoms with Crippen LogP contribution in [-0.2, 0) is 0 Å². The minimum absolute atomic E-state index is 0.623. The van der Waals surface area contributed by atoms with Crippen molar-refractivity contribution in [2.75, 3.05) is 16.8 Å². The van der Waals surface area contributed by atoms with Gasteiger partial charge in [-0.2, -0.15) is 5.10 Å². The molecule has 0 amide bonds. The fourth-order valence-corrected chi connectivity index (χ4v) is 2.19. The van der Waals surface area contributed by atoms with Crippen LogP contribution in [0.4, 0.5) is 5.95 Å². The summed E-state index contributed by atoms with van der Waals surface area (Å²) in [7, 11) is 0. The van der Waals surface area contributed by atoms with Gasteiger partial charge in [-0.3, -0.25) is 0 Å². The molecule has 0 atom stereocenters. The van der Waals surface area contributed by atoms with E-state index in [0.29, 0.717) is 6.04 Å². The molecule has 1 aromatic heterocycles. The third kappa shape index (κ3) is 2.94. The lowest BCUT2D eigenvalue weighted by molar-refractivity contribution is 0.380. The van der Waals surface area contributed by atoms with E-state index in [1.807, 2.05) is 13.8 Å². The van der Waals surface area contributed by atoms with Gasteiger partial charge in [-0.25, -0.2) is 4.98 Å². The van der Waals surface area contributed by atoms with Gasteiger partial charge < -0.3 is 4.90 Å². The van der Waals surface area contributed by atoms with Gasteiger partial charge in [-0.15, -0.1) is 5.10 Å². The summed E-state index contributed by atoms with van der Waals surface area (Å²) >= 11 is 3.48. The Balaban J connectivity index is 2.15. The Morgan fingerprint density at radius 2 is 2.00 bits per heavy atom. The van der Waals surface area contributed by atoms with Gasteiger partial charge in [0.15, 0.2) is 0 Å². The molecule has 0 unspecified atom stereocenters. The van der Waals surface area contributed by atoms with Crippen LogP contribution in [0.5, 0.6) is 0 Å². The van der Waals surface area contributed by atoms with Gasteiger partial charge in [0.05, 0.1) is 11.4 Å². The van der Waals surface area contributed by atoms with Gasteiger partial charge in [0, 0.05) is 17.9 Å². The van der Waals surface area contributed by atoms with Crippen LogP contribution >= 0.6 is 15.9 Å². The molecule has 0 spiro atoms. The monoisotopic (exact) mass is 298 g/mol. The van der Waals surface area contributed by atoms with Gasteiger partial charge in [0.2, 0.25) is 5.95 Å². The summed E-state index contributed by atoms with van der Waals surface area (Å²) < 4.78 is 0. The van der Waals surface area contributed by atoms with Crippen LogP contribution < -0.4 is 4.90 Å². The van der Waals surface area contributed by atoms with Crippen molar-refractivity contribution < 1.29 is 0 Å². The Morgan fingerprint density at radius 1 is 1.24 bits per heavy atom. The minimum Gasteiger partial charge on any atom is -0.337 e. The number of anilines is 1. The maximum Gasteiger partial charge on any atom is 0.245 e. The van der Waals surface area contributed by atoms with E-state index in [0.717, 1.165) is 35.6 Å². The topological polar surface area (TPSA) is 41.9 Å². The molecule has 1 fully saturated rings. The summed E-state index contributed by atoms with van der Waals surface area (Å²) in [5.74, 6) is 0.804. The number of hydrogen-bond donors (Lipinski definition) is 0. The van der Waals surface area contributed by atoms with Crippen LogP contribution in [0, 0.1) is 13.8 Å². The second-order valence-electron chi connectivity index (χ2n) is 4.60. The van der Waals surface area contributed by atoms with Crippen LogP contribution in [0.3, 0.4) is 0 Å². The lowest BCUT2D eigenvalue weighted by Crippen LogP contribution is -2.42. The summed E-state index contributed by atoms with van der Waals surface area (Å²) in [5, 5.41) is 9.45. The highest BCUT2D eigenvalue weighted by Crippen LogP contribution is 2.27. The minimum atomic E-state index is 0.623. The van der Waals surface area contributed by atoms with Crippen molar-refractivity contribution in [3.05, 3.63) is 11.4 Å². The Bertz CT molecular complexity index is 379. The molecule has 0 aliphatic heterocycles. The van der Waals surface area contributed by atoms with E-state index >= 15 is 0 Å². The molecule has 5 heteroatoms. The molecule has 0 bridgehead atoms. The molecule has 1 aliphatic carbocycles. The largest absolute Gasteiger partial charge is 0.337 e. The molecule has 2 rings (SSSR count). The fraction of sp³-hybridized carbons (Fsp3) is 0.750. The van der Waals surface area contributed by atoms with E-state index in [-0.39, 0.29) is 0 Å². The highest BCUT2D eigenvalue weighted by atomic mass is 79.9. The Labute approximate surface area is 111 Å². The Kier molecular flexibility index (Phi) is 4.31. The van der Waals surface area contributed by atoms with Gasteiger partial charge in [0.1, 0.15) is 0 Å². The van der Waals surface area contributed by atoms with Crippen molar-refractivity contribution in [2.24, 2.45) is 0 Å². The van der Waals surface area contributed by atoms with Crippen LogP contribution in [0.25, 0.3) is 0 Å². The lowest BCUT2D eigenvalue weighted by atomic mass is 9.91. The highest BCUT2D eigenvalue weighted by molar-refractivity contribution is 9.09. The standard InChI is InChI=1S/C12H19BrN4/c1-9-10(2)15-16-12(14-9)17(8-4-7-13)11-5-3-6-11/h11H,3-8H2,1-2H3. The maximum atomic E-state index is 4.57. The molecular formula is C12H19BrN4. The van der Waals surface area contributed by atoms with E-state index in [9.17, 15) is 0 Å². The Morgan fingerprint density at radius 3 is 2.53 bits per heavy atom. The predicted octanol–water partition coefficient (Wildman–Crippen LogP) is 2.63. The van der Waals surface area contributed by atoms with Crippen LogP contribution in [0.2, 0.25) is 0 Å². The first-order valence-corrected chi connectivity index (χ1v) is 7.35. The van der Waals surface area contributed by atoms with Gasteiger partial charge in [-0.05, 0) is 39.5 Å². The van der Waals surface area contributed by atoms with Crippen molar-refractivity contribution in [1.29, 1.82) is 0 Å². The highest BCUT2D eigenvalue weighted by Gasteiger charge is 2.26. The number of hydrogen-bond acceptors (Lipinski definition) is 4. The average Bonchev–Trinajstić information content (AvgIpc) is 2.25. The summed E-state index contributed by atoms with van der Waals surface area (Å²) in [6.45, 7) is 4.96. The number of aromatic nitrogens is 3. The molecule has 1 heterocycles. The molecular weight excluding hydrogens is 280 g/mol. The smallest absolute Gasteiger partial charge is 0.245 e. The summed E-state index contributed by atoms with van der Waals surface area (Å²) in [6.07, 6.45) is 4.97. The van der Waals surface area contributed by atoms with Crippen molar-refractivity contribution >= 4 is 21.9 Å². The normalized spacial score (nSPS) is 15.7. The summed E-state index contributed by atoms with van der Waals surface area (Å²) in [5.41, 5.74) is 1.90. The Hall–Kier alpha value is -0.710. The van der Waals surface area contributed by atoms with E-state index in [1.54, 1.807) is 0 Å². The van der Waals surface area contributed by atoms with E-state index in [4.69, 9.17) is 0 Å². The molecule has 0 aromatic carbocycles. The average molecular weight is 299 g/mol. The molecule has 0 N–H and O–H groups in total. The second kappa shape index (κ2) is 5.76. The van der Waals surface area contributed by atoms with Crippen molar-refractivity contribution in [1.82, 2.24) is 15.2 Å². The van der Waals surface area contributed by atoms with E-state index in [2.05, 4.69) is 36.0 Å². The third-order valence-corrected chi connectivity index (χ3v) is 3.95. The maximum absolute atomic E-state index is 4.57. The zero-order chi connectivity index (χ0) is 12.3. The van der Waals surface area contributed by atoms with Gasteiger partial charge >= 0.3 is 0 Å². The molecule has 1 aliphatic rings. The van der Waals surface area contributed by atoms with Gasteiger partial charge in [0.25, 0.3) is 0 Å². The quantitative estimate of drug-likeness (QED) is 0.784. The summed E-state index contributed by atoms with van der Waals surface area (Å²) in [6, 6.07) is 0.623. The van der Waals surface area contributed by atoms with Crippen molar-refractivity contribution in [3.63, 3.8) is 0 Å². The number of aryl methyl sites for hydroxylation is 2. The first kappa shape index (κ1) is 12.7. The number of rotatable bonds is 5. The predicted molar refractivity (Wildman–Crippen MR) is 72.7 cm³/mol. The number of alkyl halides is 1. The molecule has 4 nitrogen and oxygen atoms in total. The third-order valence-electron chi connectivity index (χ3n) is 3.39. The second-order valence-corrected chi connectivity index (χ2v) is 5.40. The molecule has 1 saturated carbocycles. The summed E-state index contributed by atoms with van der Waals surface area (Å²) in [4.78, 5) is 6.89. The number of halogens is 1. The molecule has 1 aromatic rings. The van der Waals surface area contributed by atoms with E-state index in [1.165, 1.54) is 19.3 Å². The van der Waals surface area contributed by atoms with Crippen molar-refractivity contribution in [3.8, 4) is 0 Å². The SMILES string of the molecule is Cc1nnc(N(CCCBr)C2CCC2)nc1C. The van der Waals surface area contributed by atoms with E-state index < -0.39 is 0 Å². The van der Waals surface area contributed by atoms with Gasteiger partial charge in [-0.1, -0.05) is 15.9 Å². The van der Waals surface area contributed by atoms with Crippen LogP contribution in [0.1, 0.15) is 37.1 Å². The molecule has 94 valence electrons. The number of nitrogens with zero attached hydrogens (tertiary/aromatic N) is 4. The zero-order valence-electron chi connectivity index (χ0n) is 10.5. The van der Waals surface area contributed by atoms with Crippen LogP contribution in [-0.4, -0.2) is 33.1 Å². The first-order chi connectivity index (χ1) is 8.22. The zero-order valence-corrected chi connectivity index (χ0v) is 12.1. The molecule has 0 radical (unpaired) electrons. The fourth-order valence-electron chi connectivity index (χ4n) is 1.94. The van der Waals surface area contributed by atoms with Crippen LogP contribution in [0.15, 0.2) is 0 Å². The lowest BCUT2D eigenvalue weighted by Gasteiger charge is -2.37.